The van der Waals surface area contributed by atoms with E-state index in [1.165, 1.54) is 17.4 Å². The van der Waals surface area contributed by atoms with Crippen LogP contribution in [0.25, 0.3) is 0 Å². The molecule has 1 fully saturated rings. The Labute approximate surface area is 213 Å². The predicted octanol–water partition coefficient (Wildman–Crippen LogP) is 4.54. The molecule has 0 aliphatic carbocycles. The average Bonchev–Trinajstić information content (AvgIpc) is 3.58. The second kappa shape index (κ2) is 10.4. The molecule has 193 valence electrons. The van der Waals surface area contributed by atoms with Gasteiger partial charge in [0.05, 0.1) is 5.69 Å². The standard InChI is InChI=1S/C24H20F4N5O3S/c25-16-4-2-1-3-15(16)19-11-17(32-36-19)23-31-18(13-37-23)14-5-9-33(10-6-14)20(34)12-35-22-21(24(26,27)28)29-7-8-30-22/h1-2,4,7-8,13-14,19H,5-6,9-12H2. The van der Waals surface area contributed by atoms with E-state index in [4.69, 9.17) is 14.6 Å². The third-order valence-electron chi connectivity index (χ3n) is 6.13. The van der Waals surface area contributed by atoms with Crippen LogP contribution in [0.15, 0.2) is 41.1 Å². The lowest BCUT2D eigenvalue weighted by atomic mass is 9.94. The van der Waals surface area contributed by atoms with Gasteiger partial charge in [0.25, 0.3) is 5.91 Å². The maximum Gasteiger partial charge on any atom is 0.438 e. The molecule has 0 saturated carbocycles. The van der Waals surface area contributed by atoms with Gasteiger partial charge in [-0.1, -0.05) is 17.3 Å². The van der Waals surface area contributed by atoms with Gasteiger partial charge in [0.2, 0.25) is 11.6 Å². The van der Waals surface area contributed by atoms with Crippen molar-refractivity contribution in [2.24, 2.45) is 5.16 Å². The summed E-state index contributed by atoms with van der Waals surface area (Å²) in [4.78, 5) is 31.0. The number of carbonyl (C=O) groups excluding carboxylic acids is 1. The highest BCUT2D eigenvalue weighted by Crippen LogP contribution is 2.35. The van der Waals surface area contributed by atoms with E-state index >= 15 is 0 Å². The Morgan fingerprint density at radius 2 is 2.03 bits per heavy atom. The van der Waals surface area contributed by atoms with E-state index in [-0.39, 0.29) is 5.92 Å². The molecule has 0 spiro atoms. The summed E-state index contributed by atoms with van der Waals surface area (Å²) in [7, 11) is 0. The molecule has 1 amide bonds. The van der Waals surface area contributed by atoms with Gasteiger partial charge in [0, 0.05) is 48.8 Å². The van der Waals surface area contributed by atoms with Crippen LogP contribution < -0.4 is 4.74 Å². The number of benzene rings is 1. The van der Waals surface area contributed by atoms with E-state index in [9.17, 15) is 22.4 Å². The lowest BCUT2D eigenvalue weighted by Crippen LogP contribution is -2.40. The van der Waals surface area contributed by atoms with Crippen LogP contribution in [0.3, 0.4) is 0 Å². The molecule has 1 atom stereocenters. The normalized spacial score (nSPS) is 18.4. The van der Waals surface area contributed by atoms with Gasteiger partial charge in [0.1, 0.15) is 16.5 Å². The zero-order chi connectivity index (χ0) is 26.0. The molecule has 0 N–H and O–H groups in total. The van der Waals surface area contributed by atoms with Crippen molar-refractivity contribution in [1.29, 1.82) is 0 Å². The quantitative estimate of drug-likeness (QED) is 0.432. The number of likely N-dealkylation sites (tertiary alicyclic amines) is 1. The maximum absolute atomic E-state index is 14.0. The molecular weight excluding hydrogens is 514 g/mol. The van der Waals surface area contributed by atoms with Crippen LogP contribution in [0.1, 0.15) is 53.2 Å². The molecule has 1 saturated heterocycles. The van der Waals surface area contributed by atoms with E-state index < -0.39 is 42.2 Å². The van der Waals surface area contributed by atoms with Gasteiger partial charge in [-0.3, -0.25) is 4.79 Å². The van der Waals surface area contributed by atoms with Crippen molar-refractivity contribution in [2.75, 3.05) is 19.7 Å². The molecule has 1 aromatic carbocycles. The van der Waals surface area contributed by atoms with Crippen molar-refractivity contribution < 1.29 is 31.9 Å². The van der Waals surface area contributed by atoms with Crippen LogP contribution in [0, 0.1) is 11.9 Å². The minimum absolute atomic E-state index is 0.116. The Balaban J connectivity index is 1.13. The third kappa shape index (κ3) is 5.55. The summed E-state index contributed by atoms with van der Waals surface area (Å²) in [6.07, 6.45) is -1.62. The number of oxime groups is 1. The highest BCUT2D eigenvalue weighted by molar-refractivity contribution is 7.11. The number of hydrogen-bond acceptors (Lipinski definition) is 8. The summed E-state index contributed by atoms with van der Waals surface area (Å²) in [6.45, 7) is 0.275. The maximum atomic E-state index is 14.0. The van der Waals surface area contributed by atoms with Gasteiger partial charge in [-0.05, 0) is 25.0 Å². The van der Waals surface area contributed by atoms with Crippen LogP contribution in [0.2, 0.25) is 0 Å². The molecule has 2 aliphatic heterocycles. The van der Waals surface area contributed by atoms with Crippen molar-refractivity contribution in [3.8, 4) is 5.88 Å². The number of nitrogens with zero attached hydrogens (tertiary/aromatic N) is 5. The summed E-state index contributed by atoms with van der Waals surface area (Å²) in [5, 5.41) is 6.74. The highest BCUT2D eigenvalue weighted by Gasteiger charge is 2.37. The lowest BCUT2D eigenvalue weighted by molar-refractivity contribution is -0.144. The number of amides is 1. The number of hydrogen-bond donors (Lipinski definition) is 0. The van der Waals surface area contributed by atoms with Crippen molar-refractivity contribution >= 4 is 23.0 Å². The Kier molecular flexibility index (Phi) is 7.04. The Morgan fingerprint density at radius 3 is 2.78 bits per heavy atom. The topological polar surface area (TPSA) is 89.8 Å². The first-order valence-corrected chi connectivity index (χ1v) is 12.3. The van der Waals surface area contributed by atoms with Crippen LogP contribution in [-0.4, -0.2) is 51.2 Å². The van der Waals surface area contributed by atoms with E-state index in [2.05, 4.69) is 21.2 Å². The molecule has 5 rings (SSSR count). The first kappa shape index (κ1) is 25.1. The van der Waals surface area contributed by atoms with E-state index in [0.717, 1.165) is 18.1 Å². The van der Waals surface area contributed by atoms with Crippen LogP contribution >= 0.6 is 11.3 Å². The predicted molar refractivity (Wildman–Crippen MR) is 123 cm³/mol. The fourth-order valence-electron chi connectivity index (χ4n) is 4.21. The first-order chi connectivity index (χ1) is 17.8. The number of alkyl halides is 3. The third-order valence-corrected chi connectivity index (χ3v) is 7.04. The molecule has 0 bridgehead atoms. The molecule has 1 radical (unpaired) electrons. The van der Waals surface area contributed by atoms with Crippen molar-refractivity contribution in [2.45, 2.75) is 37.5 Å². The fourth-order valence-corrected chi connectivity index (χ4v) is 5.10. The lowest BCUT2D eigenvalue weighted by Gasteiger charge is -2.31. The SMILES string of the molecule is O=C(COc1nccnc1C(F)(F)F)N1CCC(c2csc(C3=NOC(c4[c]cccc4F)C3)n2)CC1. The molecule has 8 nitrogen and oxygen atoms in total. The largest absolute Gasteiger partial charge is 0.466 e. The molecule has 1 unspecified atom stereocenters. The second-order valence-corrected chi connectivity index (χ2v) is 9.36. The Bertz CT molecular complexity index is 1310. The molecule has 2 aliphatic rings. The number of halogens is 4. The number of piperidine rings is 1. The number of thiazole rings is 1. The van der Waals surface area contributed by atoms with Crippen molar-refractivity contribution in [1.82, 2.24) is 19.9 Å². The first-order valence-electron chi connectivity index (χ1n) is 11.4. The second-order valence-electron chi connectivity index (χ2n) is 8.50. The van der Waals surface area contributed by atoms with E-state index in [1.54, 1.807) is 17.0 Å². The van der Waals surface area contributed by atoms with Gasteiger partial charge in [-0.15, -0.1) is 11.3 Å². The monoisotopic (exact) mass is 534 g/mol. The van der Waals surface area contributed by atoms with Gasteiger partial charge in [0.15, 0.2) is 12.7 Å². The summed E-state index contributed by atoms with van der Waals surface area (Å²) >= 11 is 1.43. The summed E-state index contributed by atoms with van der Waals surface area (Å²) in [6, 6.07) is 7.41. The van der Waals surface area contributed by atoms with Gasteiger partial charge >= 0.3 is 6.18 Å². The highest BCUT2D eigenvalue weighted by atomic mass is 32.1. The fraction of sp³-hybridized carbons (Fsp3) is 0.375. The number of rotatable bonds is 6. The number of aromatic nitrogens is 3. The van der Waals surface area contributed by atoms with Crippen molar-refractivity contribution in [3.05, 3.63) is 69.8 Å². The Hall–Kier alpha value is -3.61. The van der Waals surface area contributed by atoms with Crippen molar-refractivity contribution in [3.63, 3.8) is 0 Å². The smallest absolute Gasteiger partial charge is 0.438 e. The average molecular weight is 535 g/mol. The van der Waals surface area contributed by atoms with Crippen LogP contribution in [0.4, 0.5) is 17.6 Å². The van der Waals surface area contributed by atoms with Gasteiger partial charge < -0.3 is 14.5 Å². The van der Waals surface area contributed by atoms with Crippen LogP contribution in [0.5, 0.6) is 5.88 Å². The van der Waals surface area contributed by atoms with Gasteiger partial charge in [-0.25, -0.2) is 19.3 Å². The van der Waals surface area contributed by atoms with E-state index in [1.807, 2.05) is 5.38 Å². The zero-order valence-corrected chi connectivity index (χ0v) is 20.1. The van der Waals surface area contributed by atoms with Gasteiger partial charge in [-0.2, -0.15) is 13.2 Å². The molecular formula is C24H20F4N5O3S. The number of carbonyl (C=O) groups is 1. The molecule has 2 aromatic heterocycles. The minimum atomic E-state index is -4.73. The Morgan fingerprint density at radius 1 is 1.24 bits per heavy atom. The molecule has 4 heterocycles. The molecule has 3 aromatic rings. The van der Waals surface area contributed by atoms with E-state index in [0.29, 0.717) is 48.6 Å². The number of ether oxygens (including phenoxy) is 1. The molecule has 37 heavy (non-hydrogen) atoms. The summed E-state index contributed by atoms with van der Waals surface area (Å²) in [5.41, 5.74) is 0.579. The molecule has 13 heteroatoms. The summed E-state index contributed by atoms with van der Waals surface area (Å²) < 4.78 is 58.2. The minimum Gasteiger partial charge on any atom is -0.466 e. The zero-order valence-electron chi connectivity index (χ0n) is 19.2. The van der Waals surface area contributed by atoms with Crippen LogP contribution in [-0.2, 0) is 15.8 Å². The summed E-state index contributed by atoms with van der Waals surface area (Å²) in [5.74, 6) is -1.43.